The van der Waals surface area contributed by atoms with E-state index >= 15 is 0 Å². The van der Waals surface area contributed by atoms with Crippen LogP contribution in [0.25, 0.3) is 21.9 Å². The molecule has 0 saturated carbocycles. The minimum Gasteiger partial charge on any atom is -0.392 e. The number of hydrogen-bond donors (Lipinski definition) is 4. The molecule has 3 heterocycles. The normalized spacial score (nSPS) is 17.6. The summed E-state index contributed by atoms with van der Waals surface area (Å²) in [6, 6.07) is 13.0. The zero-order chi connectivity index (χ0) is 46.1. The van der Waals surface area contributed by atoms with Crippen LogP contribution in [0.4, 0.5) is 5.82 Å². The Hall–Kier alpha value is -4.31. The molecule has 13 nitrogen and oxygen atoms in total. The van der Waals surface area contributed by atoms with E-state index in [1.165, 1.54) is 11.8 Å². The topological polar surface area (TPSA) is 203 Å². The zero-order valence-corrected chi connectivity index (χ0v) is 40.1. The maximum absolute atomic E-state index is 14.5. The highest BCUT2D eigenvalue weighted by molar-refractivity contribution is 8.23. The first-order valence-corrected chi connectivity index (χ1v) is 23.6. The van der Waals surface area contributed by atoms with Gasteiger partial charge in [0.15, 0.2) is 5.82 Å². The molecule has 2 aromatic heterocycles. The number of unbranched alkanes of at least 4 members (excludes halogenated alkanes) is 2. The molecule has 5 atom stereocenters. The summed E-state index contributed by atoms with van der Waals surface area (Å²) in [6.45, 7) is 18.7. The number of thiocarbonyl (C=S) groups is 1. The van der Waals surface area contributed by atoms with E-state index in [1.54, 1.807) is 18.7 Å². The third-order valence-corrected chi connectivity index (χ3v) is 15.9. The lowest BCUT2D eigenvalue weighted by atomic mass is 9.46. The molecule has 338 valence electrons. The number of nitrogen functional groups attached to an aromatic ring is 1. The lowest BCUT2D eigenvalue weighted by Gasteiger charge is -2.55. The lowest BCUT2D eigenvalue weighted by Crippen LogP contribution is -2.58. The molecule has 3 aromatic rings. The molecule has 15 heteroatoms. The fourth-order valence-corrected chi connectivity index (χ4v) is 10.2. The summed E-state index contributed by atoms with van der Waals surface area (Å²) in [6.07, 6.45) is 4.96. The Bertz CT molecular complexity index is 2190. The number of carbonyl (C=O) groups excluding carboxylic acids is 3. The number of nitrogens with zero attached hydrogens (tertiary/aromatic N) is 6. The Morgan fingerprint density at radius 3 is 2.27 bits per heavy atom. The second-order valence-electron chi connectivity index (χ2n) is 18.7. The molecule has 5 unspecified atom stereocenters. The van der Waals surface area contributed by atoms with Crippen LogP contribution in [0, 0.1) is 49.7 Å². The smallest absolute Gasteiger partial charge is 0.228 e. The van der Waals surface area contributed by atoms with Crippen LogP contribution in [0.15, 0.2) is 24.3 Å². The van der Waals surface area contributed by atoms with Crippen molar-refractivity contribution < 1.29 is 19.5 Å². The highest BCUT2D eigenvalue weighted by Crippen LogP contribution is 2.61. The maximum Gasteiger partial charge on any atom is 0.228 e. The molecular weight excluding hydrogens is 819 g/mol. The second-order valence-corrected chi connectivity index (χ2v) is 20.4. The van der Waals surface area contributed by atoms with Crippen molar-refractivity contribution in [3.63, 3.8) is 0 Å². The second kappa shape index (κ2) is 20.9. The number of hydrogen-bond acceptors (Lipinski definition) is 11. The van der Waals surface area contributed by atoms with E-state index in [0.29, 0.717) is 36.2 Å². The summed E-state index contributed by atoms with van der Waals surface area (Å²) in [5.74, 6) is 1.50. The number of aliphatic hydroxyl groups excluding tert-OH is 1. The third-order valence-electron chi connectivity index (χ3n) is 14.5. The van der Waals surface area contributed by atoms with Gasteiger partial charge in [-0.3, -0.25) is 19.3 Å². The predicted molar refractivity (Wildman–Crippen MR) is 253 cm³/mol. The van der Waals surface area contributed by atoms with Crippen molar-refractivity contribution >= 4 is 73.8 Å². The number of pyridine rings is 1. The molecule has 0 radical (unpaired) electrons. The number of amides is 3. The van der Waals surface area contributed by atoms with Crippen molar-refractivity contribution in [3.05, 3.63) is 30.1 Å². The van der Waals surface area contributed by atoms with Crippen LogP contribution in [-0.4, -0.2) is 78.1 Å². The Labute approximate surface area is 378 Å². The summed E-state index contributed by atoms with van der Waals surface area (Å²) < 4.78 is 2.81. The van der Waals surface area contributed by atoms with Crippen LogP contribution in [0.2, 0.25) is 0 Å². The van der Waals surface area contributed by atoms with Crippen molar-refractivity contribution in [2.24, 2.45) is 27.1 Å². The monoisotopic (exact) mass is 887 g/mol. The van der Waals surface area contributed by atoms with E-state index in [2.05, 4.69) is 45.3 Å². The molecule has 0 aliphatic carbocycles. The summed E-state index contributed by atoms with van der Waals surface area (Å²) in [7, 11) is 0. The molecule has 1 fully saturated rings. The maximum atomic E-state index is 14.5. The van der Waals surface area contributed by atoms with Crippen molar-refractivity contribution in [3.8, 4) is 12.1 Å². The number of imidazole rings is 1. The fraction of sp³-hybridized carbons (Fsp3) is 0.660. The number of aliphatic hydroxyl groups is 1. The van der Waals surface area contributed by atoms with Crippen molar-refractivity contribution in [1.29, 1.82) is 10.5 Å². The number of fused-ring (bicyclic) bond motifs is 3. The Kier molecular flexibility index (Phi) is 17.0. The number of thioether (sulfide) groups is 1. The van der Waals surface area contributed by atoms with Gasteiger partial charge in [-0.1, -0.05) is 90.1 Å². The van der Waals surface area contributed by atoms with Gasteiger partial charge in [-0.25, -0.2) is 9.97 Å². The molecule has 1 aromatic carbocycles. The Morgan fingerprint density at radius 2 is 1.66 bits per heavy atom. The third kappa shape index (κ3) is 10.5. The lowest BCUT2D eigenvalue weighted by molar-refractivity contribution is -0.150. The minimum atomic E-state index is -1.26. The molecule has 5 N–H and O–H groups in total. The largest absolute Gasteiger partial charge is 0.392 e. The average Bonchev–Trinajstić information content (AvgIpc) is 3.85. The first kappa shape index (κ1) is 50.3. The SMILES string of the molecule is CCCCc1nc2c(N)nc3ccccc3c2n1CCCCNC(=O)CCC(C)(C#N)C(C)(C)C(C)(CC(C)(CC)C(C)(C#N)CCC(=O)N1CCSC1=S)C(=O)NCC(C)O. The first-order chi connectivity index (χ1) is 29.2. The Morgan fingerprint density at radius 1 is 0.984 bits per heavy atom. The number of nitrogens with one attached hydrogen (secondary N) is 2. The van der Waals surface area contributed by atoms with Crippen LogP contribution in [-0.2, 0) is 27.3 Å². The first-order valence-electron chi connectivity index (χ1n) is 22.2. The van der Waals surface area contributed by atoms with Crippen molar-refractivity contribution in [2.45, 2.75) is 146 Å². The molecular formula is C47H69N9O4S2. The standard InChI is InChI=1S/C47H69N9O4S2/c1-10-12-19-35-54-38-39(33-17-13-14-18-34(33)53-40(38)50)55(35)25-16-15-24-51-36(58)20-22-45(7,30-48)43(4,5)47(9,41(60)52-28-32(3)57)29-44(6,11-2)46(8,31-49)23-21-37(59)56-26-27-62-42(56)61/h13-14,17-18,32,57H,10-12,15-16,19-29H2,1-9H3,(H2,50,53)(H,51,58)(H,52,60). The van der Waals surface area contributed by atoms with E-state index in [1.807, 2.05) is 59.7 Å². The van der Waals surface area contributed by atoms with Gasteiger partial charge in [0.2, 0.25) is 17.7 Å². The molecule has 4 rings (SSSR count). The minimum absolute atomic E-state index is 0.00969. The quantitative estimate of drug-likeness (QED) is 0.0528. The van der Waals surface area contributed by atoms with Crippen molar-refractivity contribution in [2.75, 3.05) is 31.1 Å². The van der Waals surface area contributed by atoms with E-state index in [-0.39, 0.29) is 56.4 Å². The molecule has 62 heavy (non-hydrogen) atoms. The number of para-hydroxylation sites is 1. The van der Waals surface area contributed by atoms with Gasteiger partial charge in [0.1, 0.15) is 15.7 Å². The zero-order valence-electron chi connectivity index (χ0n) is 38.4. The van der Waals surface area contributed by atoms with Gasteiger partial charge in [0.25, 0.3) is 0 Å². The number of carbonyl (C=O) groups is 3. The van der Waals surface area contributed by atoms with Crippen LogP contribution in [0.3, 0.4) is 0 Å². The van der Waals surface area contributed by atoms with Crippen LogP contribution >= 0.6 is 24.0 Å². The number of benzene rings is 1. The van der Waals surface area contributed by atoms with Gasteiger partial charge < -0.3 is 26.0 Å². The van der Waals surface area contributed by atoms with Crippen LogP contribution < -0.4 is 16.4 Å². The van der Waals surface area contributed by atoms with Gasteiger partial charge in [0, 0.05) is 56.6 Å². The number of nitriles is 2. The number of aromatic nitrogens is 3. The summed E-state index contributed by atoms with van der Waals surface area (Å²) in [5, 5.41) is 38.9. The highest BCUT2D eigenvalue weighted by atomic mass is 32.2. The summed E-state index contributed by atoms with van der Waals surface area (Å²) >= 11 is 6.86. The fourth-order valence-electron chi connectivity index (χ4n) is 8.98. The van der Waals surface area contributed by atoms with Crippen molar-refractivity contribution in [1.82, 2.24) is 30.1 Å². The number of nitrogens with two attached hydrogens (primary N) is 1. The van der Waals surface area contributed by atoms with Gasteiger partial charge in [-0.05, 0) is 82.6 Å². The predicted octanol–water partition coefficient (Wildman–Crippen LogP) is 8.22. The summed E-state index contributed by atoms with van der Waals surface area (Å²) in [5.41, 5.74) is 3.62. The summed E-state index contributed by atoms with van der Waals surface area (Å²) in [4.78, 5) is 52.4. The molecule has 0 bridgehead atoms. The number of anilines is 1. The van der Waals surface area contributed by atoms with E-state index in [0.717, 1.165) is 65.6 Å². The van der Waals surface area contributed by atoms with Gasteiger partial charge in [0.05, 0.1) is 45.5 Å². The van der Waals surface area contributed by atoms with E-state index in [4.69, 9.17) is 22.9 Å². The molecule has 1 aliphatic heterocycles. The van der Waals surface area contributed by atoms with E-state index in [9.17, 15) is 30.0 Å². The van der Waals surface area contributed by atoms with Crippen LogP contribution in [0.1, 0.15) is 132 Å². The molecule has 1 aliphatic rings. The molecule has 0 spiro atoms. The van der Waals surface area contributed by atoms with Crippen LogP contribution in [0.5, 0.6) is 0 Å². The van der Waals surface area contributed by atoms with Gasteiger partial charge in [-0.15, -0.1) is 0 Å². The number of rotatable bonds is 23. The van der Waals surface area contributed by atoms with Gasteiger partial charge in [-0.2, -0.15) is 10.5 Å². The average molecular weight is 888 g/mol. The van der Waals surface area contributed by atoms with E-state index < -0.39 is 33.2 Å². The van der Waals surface area contributed by atoms with Gasteiger partial charge >= 0.3 is 0 Å². The Balaban J connectivity index is 1.49. The number of aryl methyl sites for hydroxylation is 2. The molecule has 3 amide bonds. The molecule has 1 saturated heterocycles. The highest BCUT2D eigenvalue weighted by Gasteiger charge is 2.60.